The van der Waals surface area contributed by atoms with Gasteiger partial charge in [-0.1, -0.05) is 19.1 Å². The summed E-state index contributed by atoms with van der Waals surface area (Å²) in [4.78, 5) is 0. The molecule has 2 aromatic rings. The summed E-state index contributed by atoms with van der Waals surface area (Å²) in [5.74, 6) is 0.551. The molecule has 0 saturated heterocycles. The predicted octanol–water partition coefficient (Wildman–Crippen LogP) is 3.61. The van der Waals surface area contributed by atoms with Gasteiger partial charge in [-0.15, -0.1) is 0 Å². The first-order valence-electron chi connectivity index (χ1n) is 7.61. The van der Waals surface area contributed by atoms with Crippen LogP contribution in [-0.2, 0) is 6.54 Å². The Kier molecular flexibility index (Phi) is 6.69. The minimum Gasteiger partial charge on any atom is -0.497 e. The number of hydrogen-bond donors (Lipinski definition) is 2. The van der Waals surface area contributed by atoms with E-state index in [-0.39, 0.29) is 5.82 Å². The fourth-order valence-electron chi connectivity index (χ4n) is 2.07. The Bertz CT molecular complexity index is 699. The highest BCUT2D eigenvalue weighted by Gasteiger charge is 2.03. The molecule has 0 radical (unpaired) electrons. The van der Waals surface area contributed by atoms with Crippen LogP contribution in [0.1, 0.15) is 24.5 Å². The number of nitrogens with one attached hydrogen (secondary N) is 2. The molecule has 24 heavy (non-hydrogen) atoms. The van der Waals surface area contributed by atoms with Gasteiger partial charge >= 0.3 is 0 Å². The van der Waals surface area contributed by atoms with Gasteiger partial charge in [-0.05, 0) is 66.2 Å². The highest BCUT2D eigenvalue weighted by Crippen LogP contribution is 2.13. The molecule has 0 saturated carbocycles. The standard InChI is InChI=1S/C18H20FN3OS/c1-3-17(14-6-10-16(23-2)11-7-14)21-22-18(24)20-12-13-4-8-15(19)9-5-13/h4-11H,3,12H2,1-2H3,(H2,20,22,24)/b21-17-. The molecule has 0 aliphatic heterocycles. The van der Waals surface area contributed by atoms with Crippen LogP contribution in [0.2, 0.25) is 0 Å². The number of halogens is 1. The molecule has 6 heteroatoms. The summed E-state index contributed by atoms with van der Waals surface area (Å²) in [7, 11) is 1.64. The number of methoxy groups -OCH3 is 1. The van der Waals surface area contributed by atoms with Crippen LogP contribution in [0.15, 0.2) is 53.6 Å². The summed E-state index contributed by atoms with van der Waals surface area (Å²) >= 11 is 5.21. The van der Waals surface area contributed by atoms with E-state index >= 15 is 0 Å². The van der Waals surface area contributed by atoms with E-state index < -0.39 is 0 Å². The van der Waals surface area contributed by atoms with Gasteiger partial charge < -0.3 is 10.1 Å². The zero-order valence-electron chi connectivity index (χ0n) is 13.7. The number of nitrogens with zero attached hydrogens (tertiary/aromatic N) is 1. The van der Waals surface area contributed by atoms with Crippen molar-refractivity contribution in [1.82, 2.24) is 10.7 Å². The first-order chi connectivity index (χ1) is 11.6. The Morgan fingerprint density at radius 2 is 1.79 bits per heavy atom. The molecule has 0 bridgehead atoms. The zero-order chi connectivity index (χ0) is 17.4. The van der Waals surface area contributed by atoms with Gasteiger partial charge in [0.25, 0.3) is 0 Å². The lowest BCUT2D eigenvalue weighted by atomic mass is 10.1. The van der Waals surface area contributed by atoms with Gasteiger partial charge in [-0.25, -0.2) is 4.39 Å². The Balaban J connectivity index is 1.91. The summed E-state index contributed by atoms with van der Waals surface area (Å²) < 4.78 is 18.0. The van der Waals surface area contributed by atoms with Gasteiger partial charge in [0.1, 0.15) is 11.6 Å². The smallest absolute Gasteiger partial charge is 0.187 e. The molecular weight excluding hydrogens is 325 g/mol. The number of hydrazone groups is 1. The van der Waals surface area contributed by atoms with Crippen molar-refractivity contribution in [3.8, 4) is 5.75 Å². The first-order valence-corrected chi connectivity index (χ1v) is 8.02. The van der Waals surface area contributed by atoms with Crippen LogP contribution in [0, 0.1) is 5.82 Å². The van der Waals surface area contributed by atoms with Crippen LogP contribution >= 0.6 is 12.2 Å². The van der Waals surface area contributed by atoms with E-state index in [0.717, 1.165) is 29.0 Å². The maximum absolute atomic E-state index is 12.9. The van der Waals surface area contributed by atoms with E-state index in [4.69, 9.17) is 17.0 Å². The second kappa shape index (κ2) is 8.98. The van der Waals surface area contributed by atoms with Crippen molar-refractivity contribution in [2.24, 2.45) is 5.10 Å². The molecule has 0 atom stereocenters. The Hall–Kier alpha value is -2.47. The van der Waals surface area contributed by atoms with E-state index in [0.29, 0.717) is 11.7 Å². The lowest BCUT2D eigenvalue weighted by molar-refractivity contribution is 0.415. The number of ether oxygens (including phenoxy) is 1. The Labute approximate surface area is 146 Å². The van der Waals surface area contributed by atoms with Crippen LogP contribution in [0.5, 0.6) is 5.75 Å². The fourth-order valence-corrected chi connectivity index (χ4v) is 2.19. The molecule has 126 valence electrons. The molecule has 2 aromatic carbocycles. The normalized spacial score (nSPS) is 11.0. The highest BCUT2D eigenvalue weighted by atomic mass is 32.1. The molecule has 0 heterocycles. The van der Waals surface area contributed by atoms with Gasteiger partial charge in [0.05, 0.1) is 12.8 Å². The number of rotatable bonds is 6. The minimum atomic E-state index is -0.254. The van der Waals surface area contributed by atoms with E-state index in [9.17, 15) is 4.39 Å². The van der Waals surface area contributed by atoms with Crippen LogP contribution in [0.3, 0.4) is 0 Å². The summed E-state index contributed by atoms with van der Waals surface area (Å²) in [5, 5.41) is 7.81. The summed E-state index contributed by atoms with van der Waals surface area (Å²) in [5.41, 5.74) is 5.68. The third-order valence-electron chi connectivity index (χ3n) is 3.42. The molecule has 0 amide bonds. The van der Waals surface area contributed by atoms with Crippen molar-refractivity contribution in [2.75, 3.05) is 7.11 Å². The van der Waals surface area contributed by atoms with Crippen molar-refractivity contribution in [2.45, 2.75) is 19.9 Å². The van der Waals surface area contributed by atoms with Gasteiger partial charge in [0.15, 0.2) is 5.11 Å². The second-order valence-electron chi connectivity index (χ2n) is 5.06. The molecule has 0 aliphatic carbocycles. The largest absolute Gasteiger partial charge is 0.497 e. The van der Waals surface area contributed by atoms with Crippen molar-refractivity contribution < 1.29 is 9.13 Å². The SMILES string of the molecule is CC/C(=N/NC(=S)NCc1ccc(F)cc1)c1ccc(OC)cc1. The van der Waals surface area contributed by atoms with Crippen molar-refractivity contribution >= 4 is 23.0 Å². The van der Waals surface area contributed by atoms with E-state index in [1.807, 2.05) is 31.2 Å². The molecule has 0 fully saturated rings. The van der Waals surface area contributed by atoms with E-state index in [1.54, 1.807) is 19.2 Å². The monoisotopic (exact) mass is 345 g/mol. The molecule has 2 rings (SSSR count). The minimum absolute atomic E-state index is 0.254. The lowest BCUT2D eigenvalue weighted by Crippen LogP contribution is -2.32. The van der Waals surface area contributed by atoms with Gasteiger partial charge in [0.2, 0.25) is 0 Å². The van der Waals surface area contributed by atoms with Crippen molar-refractivity contribution in [3.63, 3.8) is 0 Å². The Morgan fingerprint density at radius 1 is 1.12 bits per heavy atom. The van der Waals surface area contributed by atoms with E-state index in [1.165, 1.54) is 12.1 Å². The summed E-state index contributed by atoms with van der Waals surface area (Å²) in [6, 6.07) is 14.0. The van der Waals surface area contributed by atoms with Gasteiger partial charge in [0, 0.05) is 6.54 Å². The predicted molar refractivity (Wildman–Crippen MR) is 98.8 cm³/mol. The fraction of sp³-hybridized carbons (Fsp3) is 0.222. The molecule has 0 aromatic heterocycles. The molecule has 4 nitrogen and oxygen atoms in total. The van der Waals surface area contributed by atoms with Crippen molar-refractivity contribution in [1.29, 1.82) is 0 Å². The van der Waals surface area contributed by atoms with Crippen molar-refractivity contribution in [3.05, 3.63) is 65.5 Å². The average Bonchev–Trinajstić information content (AvgIpc) is 2.62. The Morgan fingerprint density at radius 3 is 2.38 bits per heavy atom. The number of hydrogen-bond acceptors (Lipinski definition) is 3. The van der Waals surface area contributed by atoms with Crippen LogP contribution in [-0.4, -0.2) is 17.9 Å². The number of benzene rings is 2. The third-order valence-corrected chi connectivity index (χ3v) is 3.65. The van der Waals surface area contributed by atoms with Crippen LogP contribution in [0.4, 0.5) is 4.39 Å². The lowest BCUT2D eigenvalue weighted by Gasteiger charge is -2.09. The quantitative estimate of drug-likeness (QED) is 0.477. The van der Waals surface area contributed by atoms with E-state index in [2.05, 4.69) is 15.8 Å². The highest BCUT2D eigenvalue weighted by molar-refractivity contribution is 7.80. The molecule has 0 aliphatic rings. The van der Waals surface area contributed by atoms with Gasteiger partial charge in [-0.2, -0.15) is 5.10 Å². The maximum atomic E-state index is 12.9. The molecule has 0 unspecified atom stereocenters. The number of thiocarbonyl (C=S) groups is 1. The summed E-state index contributed by atoms with van der Waals surface area (Å²) in [6.45, 7) is 2.53. The van der Waals surface area contributed by atoms with Crippen LogP contribution < -0.4 is 15.5 Å². The van der Waals surface area contributed by atoms with Crippen LogP contribution in [0.25, 0.3) is 0 Å². The second-order valence-corrected chi connectivity index (χ2v) is 5.47. The molecular formula is C18H20FN3OS. The maximum Gasteiger partial charge on any atom is 0.187 e. The zero-order valence-corrected chi connectivity index (χ0v) is 14.5. The molecule has 0 spiro atoms. The average molecular weight is 345 g/mol. The third kappa shape index (κ3) is 5.31. The molecule has 2 N–H and O–H groups in total. The van der Waals surface area contributed by atoms with Gasteiger partial charge in [-0.3, -0.25) is 5.43 Å². The topological polar surface area (TPSA) is 45.7 Å². The summed E-state index contributed by atoms with van der Waals surface area (Å²) in [6.07, 6.45) is 0.764. The first kappa shape index (κ1) is 17.9.